The SMILES string of the molecule is O=C(c1ccccc1)c1cccc(NC(=O)C2CC(=O)N(c3ccccc3)C2)c1. The van der Waals surface area contributed by atoms with Crippen LogP contribution in [-0.4, -0.2) is 24.1 Å². The van der Waals surface area contributed by atoms with Crippen LogP contribution in [0.4, 0.5) is 11.4 Å². The molecule has 3 aromatic rings. The molecule has 0 radical (unpaired) electrons. The topological polar surface area (TPSA) is 66.5 Å². The zero-order valence-electron chi connectivity index (χ0n) is 15.7. The first kappa shape index (κ1) is 18.6. The monoisotopic (exact) mass is 384 g/mol. The van der Waals surface area contributed by atoms with Crippen molar-refractivity contribution in [3.63, 3.8) is 0 Å². The number of nitrogens with zero attached hydrogens (tertiary/aromatic N) is 1. The van der Waals surface area contributed by atoms with Gasteiger partial charge in [0.05, 0.1) is 5.92 Å². The van der Waals surface area contributed by atoms with Gasteiger partial charge in [-0.25, -0.2) is 0 Å². The van der Waals surface area contributed by atoms with E-state index >= 15 is 0 Å². The predicted octanol–water partition coefficient (Wildman–Crippen LogP) is 3.91. The summed E-state index contributed by atoms with van der Waals surface area (Å²) in [6.45, 7) is 0.345. The highest BCUT2D eigenvalue weighted by Crippen LogP contribution is 2.26. The van der Waals surface area contributed by atoms with Crippen molar-refractivity contribution in [1.82, 2.24) is 0 Å². The van der Waals surface area contributed by atoms with Crippen molar-refractivity contribution in [2.75, 3.05) is 16.8 Å². The summed E-state index contributed by atoms with van der Waals surface area (Å²) in [5, 5.41) is 2.85. The van der Waals surface area contributed by atoms with E-state index in [2.05, 4.69) is 5.32 Å². The van der Waals surface area contributed by atoms with Crippen molar-refractivity contribution in [2.24, 2.45) is 5.92 Å². The summed E-state index contributed by atoms with van der Waals surface area (Å²) in [7, 11) is 0. The van der Waals surface area contributed by atoms with Crippen LogP contribution in [0.2, 0.25) is 0 Å². The molecule has 0 aromatic heterocycles. The summed E-state index contributed by atoms with van der Waals surface area (Å²) in [5.74, 6) is -0.824. The zero-order chi connectivity index (χ0) is 20.2. The number of carbonyl (C=O) groups is 3. The second-order valence-corrected chi connectivity index (χ2v) is 7.01. The number of hydrogen-bond donors (Lipinski definition) is 1. The smallest absolute Gasteiger partial charge is 0.229 e. The largest absolute Gasteiger partial charge is 0.326 e. The van der Waals surface area contributed by atoms with Crippen LogP contribution in [0.15, 0.2) is 84.9 Å². The Morgan fingerprint density at radius 2 is 1.48 bits per heavy atom. The van der Waals surface area contributed by atoms with Crippen LogP contribution >= 0.6 is 0 Å². The highest BCUT2D eigenvalue weighted by molar-refractivity contribution is 6.10. The summed E-state index contributed by atoms with van der Waals surface area (Å²) in [6, 6.07) is 25.2. The van der Waals surface area contributed by atoms with Gasteiger partial charge in [0, 0.05) is 35.5 Å². The van der Waals surface area contributed by atoms with Gasteiger partial charge < -0.3 is 10.2 Å². The van der Waals surface area contributed by atoms with Crippen molar-refractivity contribution < 1.29 is 14.4 Å². The number of para-hydroxylation sites is 1. The standard InChI is InChI=1S/C24H20N2O3/c27-22-15-19(16-26(22)21-12-5-2-6-13-21)24(29)25-20-11-7-10-18(14-20)23(28)17-8-3-1-4-9-17/h1-14,19H,15-16H2,(H,25,29). The summed E-state index contributed by atoms with van der Waals surface area (Å²) in [5.41, 5.74) is 2.43. The second-order valence-electron chi connectivity index (χ2n) is 7.01. The normalized spacial score (nSPS) is 15.9. The fourth-order valence-corrected chi connectivity index (χ4v) is 3.48. The Bertz CT molecular complexity index is 1050. The molecule has 1 saturated heterocycles. The Balaban J connectivity index is 1.45. The maximum Gasteiger partial charge on any atom is 0.229 e. The Kier molecular flexibility index (Phi) is 5.20. The molecule has 1 aliphatic rings. The van der Waals surface area contributed by atoms with Gasteiger partial charge in [-0.15, -0.1) is 0 Å². The van der Waals surface area contributed by atoms with E-state index < -0.39 is 5.92 Å². The third-order valence-electron chi connectivity index (χ3n) is 4.99. The minimum absolute atomic E-state index is 0.0654. The van der Waals surface area contributed by atoms with Gasteiger partial charge in [0.2, 0.25) is 11.8 Å². The van der Waals surface area contributed by atoms with Gasteiger partial charge in [-0.1, -0.05) is 60.7 Å². The number of anilines is 2. The fourth-order valence-electron chi connectivity index (χ4n) is 3.48. The first-order valence-corrected chi connectivity index (χ1v) is 9.48. The fraction of sp³-hybridized carbons (Fsp3) is 0.125. The van der Waals surface area contributed by atoms with Crippen molar-refractivity contribution in [3.8, 4) is 0 Å². The van der Waals surface area contributed by atoms with Crippen molar-refractivity contribution in [1.29, 1.82) is 0 Å². The van der Waals surface area contributed by atoms with Crippen LogP contribution in [0.25, 0.3) is 0 Å². The third-order valence-corrected chi connectivity index (χ3v) is 4.99. The van der Waals surface area contributed by atoms with E-state index in [1.54, 1.807) is 41.3 Å². The number of rotatable bonds is 5. The number of ketones is 1. The number of nitrogens with one attached hydrogen (secondary N) is 1. The zero-order valence-corrected chi connectivity index (χ0v) is 15.7. The van der Waals surface area contributed by atoms with Gasteiger partial charge in [0.1, 0.15) is 0 Å². The predicted molar refractivity (Wildman–Crippen MR) is 112 cm³/mol. The molecule has 5 heteroatoms. The van der Waals surface area contributed by atoms with E-state index in [1.807, 2.05) is 48.5 Å². The van der Waals surface area contributed by atoms with Gasteiger partial charge in [-0.2, -0.15) is 0 Å². The van der Waals surface area contributed by atoms with Crippen LogP contribution < -0.4 is 10.2 Å². The maximum atomic E-state index is 12.7. The Labute approximate surface area is 169 Å². The van der Waals surface area contributed by atoms with Gasteiger partial charge in [0.15, 0.2) is 5.78 Å². The average molecular weight is 384 g/mol. The summed E-state index contributed by atoms with van der Waals surface area (Å²) >= 11 is 0. The lowest BCUT2D eigenvalue weighted by Crippen LogP contribution is -2.28. The first-order chi connectivity index (χ1) is 14.1. The molecule has 5 nitrogen and oxygen atoms in total. The molecule has 1 fully saturated rings. The Morgan fingerprint density at radius 1 is 0.828 bits per heavy atom. The molecule has 3 aromatic carbocycles. The lowest BCUT2D eigenvalue weighted by atomic mass is 10.0. The van der Waals surface area contributed by atoms with Crippen LogP contribution in [0, 0.1) is 5.92 Å². The minimum Gasteiger partial charge on any atom is -0.326 e. The molecule has 29 heavy (non-hydrogen) atoms. The maximum absolute atomic E-state index is 12.7. The Hall–Kier alpha value is -3.73. The van der Waals surface area contributed by atoms with E-state index in [9.17, 15) is 14.4 Å². The molecule has 4 rings (SSSR count). The van der Waals surface area contributed by atoms with E-state index in [1.165, 1.54) is 0 Å². The quantitative estimate of drug-likeness (QED) is 0.678. The van der Waals surface area contributed by atoms with Crippen LogP contribution in [0.3, 0.4) is 0 Å². The van der Waals surface area contributed by atoms with Crippen LogP contribution in [-0.2, 0) is 9.59 Å². The highest BCUT2D eigenvalue weighted by atomic mass is 16.2. The minimum atomic E-state index is -0.434. The molecule has 0 aliphatic carbocycles. The Morgan fingerprint density at radius 3 is 2.21 bits per heavy atom. The van der Waals surface area contributed by atoms with Crippen LogP contribution in [0.5, 0.6) is 0 Å². The molecule has 1 heterocycles. The van der Waals surface area contributed by atoms with Gasteiger partial charge >= 0.3 is 0 Å². The number of amides is 2. The van der Waals surface area contributed by atoms with Crippen molar-refractivity contribution in [2.45, 2.75) is 6.42 Å². The summed E-state index contributed by atoms with van der Waals surface area (Å²) in [4.78, 5) is 39.3. The summed E-state index contributed by atoms with van der Waals surface area (Å²) in [6.07, 6.45) is 0.170. The molecule has 1 unspecified atom stereocenters. The molecule has 1 aliphatic heterocycles. The average Bonchev–Trinajstić information content (AvgIpc) is 3.16. The van der Waals surface area contributed by atoms with Crippen molar-refractivity contribution >= 4 is 29.0 Å². The van der Waals surface area contributed by atoms with Crippen molar-refractivity contribution in [3.05, 3.63) is 96.1 Å². The second kappa shape index (κ2) is 8.10. The lowest BCUT2D eigenvalue weighted by molar-refractivity contribution is -0.122. The van der Waals surface area contributed by atoms with E-state index in [0.29, 0.717) is 23.4 Å². The first-order valence-electron chi connectivity index (χ1n) is 9.48. The molecular formula is C24H20N2O3. The summed E-state index contributed by atoms with van der Waals surface area (Å²) < 4.78 is 0. The van der Waals surface area contributed by atoms with Gasteiger partial charge in [-0.05, 0) is 24.3 Å². The number of carbonyl (C=O) groups excluding carboxylic acids is 3. The molecule has 0 spiro atoms. The third kappa shape index (κ3) is 4.09. The van der Waals surface area contributed by atoms with E-state index in [-0.39, 0.29) is 24.0 Å². The molecule has 144 valence electrons. The van der Waals surface area contributed by atoms with Gasteiger partial charge in [0.25, 0.3) is 0 Å². The molecule has 0 bridgehead atoms. The number of benzene rings is 3. The van der Waals surface area contributed by atoms with E-state index in [0.717, 1.165) is 5.69 Å². The highest BCUT2D eigenvalue weighted by Gasteiger charge is 2.35. The molecule has 0 saturated carbocycles. The number of hydrogen-bond acceptors (Lipinski definition) is 3. The molecule has 1 atom stereocenters. The molecule has 2 amide bonds. The lowest BCUT2D eigenvalue weighted by Gasteiger charge is -2.16. The van der Waals surface area contributed by atoms with Crippen LogP contribution in [0.1, 0.15) is 22.3 Å². The van der Waals surface area contributed by atoms with Gasteiger partial charge in [-0.3, -0.25) is 14.4 Å². The van der Waals surface area contributed by atoms with E-state index in [4.69, 9.17) is 0 Å². The molecular weight excluding hydrogens is 364 g/mol. The molecule has 1 N–H and O–H groups in total.